The van der Waals surface area contributed by atoms with Gasteiger partial charge >= 0.3 is 12.0 Å². The van der Waals surface area contributed by atoms with Gasteiger partial charge in [-0.1, -0.05) is 26.2 Å². The van der Waals surface area contributed by atoms with Crippen molar-refractivity contribution >= 4 is 12.0 Å². The molecule has 110 valence electrons. The molecule has 2 amide bonds. The molecule has 5 nitrogen and oxygen atoms in total. The Morgan fingerprint density at radius 2 is 1.89 bits per heavy atom. The van der Waals surface area contributed by atoms with Gasteiger partial charge in [-0.2, -0.15) is 0 Å². The van der Waals surface area contributed by atoms with Crippen LogP contribution in [-0.4, -0.2) is 41.1 Å². The first-order chi connectivity index (χ1) is 9.08. The van der Waals surface area contributed by atoms with Crippen LogP contribution in [-0.2, 0) is 4.79 Å². The summed E-state index contributed by atoms with van der Waals surface area (Å²) in [5.41, 5.74) is 0. The van der Waals surface area contributed by atoms with Gasteiger partial charge in [-0.25, -0.2) is 4.79 Å². The molecule has 1 fully saturated rings. The summed E-state index contributed by atoms with van der Waals surface area (Å²) in [6.07, 6.45) is 7.02. The zero-order valence-corrected chi connectivity index (χ0v) is 12.0. The summed E-state index contributed by atoms with van der Waals surface area (Å²) in [5, 5.41) is 11.8. The van der Waals surface area contributed by atoms with Crippen molar-refractivity contribution in [1.82, 2.24) is 10.2 Å². The molecule has 1 aliphatic rings. The van der Waals surface area contributed by atoms with Crippen LogP contribution in [0.5, 0.6) is 0 Å². The Morgan fingerprint density at radius 1 is 1.26 bits per heavy atom. The van der Waals surface area contributed by atoms with E-state index in [-0.39, 0.29) is 18.6 Å². The molecule has 1 atom stereocenters. The standard InChI is InChI=1S/C14H26N2O3/c1-3-12(11-8-6-5-7-9-11)15-14(19)16(4-2)10-13(17)18/h11-12H,3-10H2,1-2H3,(H,15,19)(H,17,18). The first-order valence-corrected chi connectivity index (χ1v) is 7.35. The van der Waals surface area contributed by atoms with E-state index in [0.29, 0.717) is 12.5 Å². The van der Waals surface area contributed by atoms with Crippen molar-refractivity contribution in [2.24, 2.45) is 5.92 Å². The Kier molecular flexibility index (Phi) is 6.67. The summed E-state index contributed by atoms with van der Waals surface area (Å²) < 4.78 is 0. The van der Waals surface area contributed by atoms with Gasteiger partial charge in [0.2, 0.25) is 0 Å². The van der Waals surface area contributed by atoms with E-state index in [1.807, 2.05) is 0 Å². The number of carbonyl (C=O) groups is 2. The summed E-state index contributed by atoms with van der Waals surface area (Å²) in [5.74, 6) is -0.422. The molecule has 0 aromatic carbocycles. The predicted octanol–water partition coefficient (Wildman–Crippen LogP) is 2.46. The van der Waals surface area contributed by atoms with E-state index in [9.17, 15) is 9.59 Å². The second-order valence-electron chi connectivity index (χ2n) is 5.27. The second-order valence-corrected chi connectivity index (χ2v) is 5.27. The Labute approximate surface area is 115 Å². The number of urea groups is 1. The second kappa shape index (κ2) is 8.02. The summed E-state index contributed by atoms with van der Waals surface area (Å²) in [6, 6.07) is -0.0713. The number of rotatable bonds is 6. The number of hydrogen-bond acceptors (Lipinski definition) is 2. The zero-order valence-electron chi connectivity index (χ0n) is 12.0. The lowest BCUT2D eigenvalue weighted by molar-refractivity contribution is -0.137. The number of nitrogens with zero attached hydrogens (tertiary/aromatic N) is 1. The minimum atomic E-state index is -0.970. The molecule has 0 heterocycles. The van der Waals surface area contributed by atoms with Crippen molar-refractivity contribution < 1.29 is 14.7 Å². The van der Waals surface area contributed by atoms with Gasteiger partial charge in [0.25, 0.3) is 0 Å². The van der Waals surface area contributed by atoms with Gasteiger partial charge < -0.3 is 15.3 Å². The normalized spacial score (nSPS) is 17.8. The topological polar surface area (TPSA) is 69.6 Å². The van der Waals surface area contributed by atoms with Gasteiger partial charge in [0, 0.05) is 12.6 Å². The molecule has 0 spiro atoms. The van der Waals surface area contributed by atoms with E-state index < -0.39 is 5.97 Å². The monoisotopic (exact) mass is 270 g/mol. The minimum Gasteiger partial charge on any atom is -0.480 e. The lowest BCUT2D eigenvalue weighted by Gasteiger charge is -2.32. The Hall–Kier alpha value is -1.26. The van der Waals surface area contributed by atoms with Crippen LogP contribution in [0.1, 0.15) is 52.4 Å². The lowest BCUT2D eigenvalue weighted by atomic mass is 9.83. The molecule has 0 saturated heterocycles. The fraction of sp³-hybridized carbons (Fsp3) is 0.857. The van der Waals surface area contributed by atoms with Gasteiger partial charge in [0.05, 0.1) is 0 Å². The average molecular weight is 270 g/mol. The quantitative estimate of drug-likeness (QED) is 0.779. The van der Waals surface area contributed by atoms with E-state index in [1.165, 1.54) is 37.0 Å². The number of likely N-dealkylation sites (N-methyl/N-ethyl adjacent to an activating group) is 1. The molecule has 0 aromatic rings. The molecule has 0 bridgehead atoms. The molecular formula is C14H26N2O3. The molecule has 19 heavy (non-hydrogen) atoms. The van der Waals surface area contributed by atoms with Gasteiger partial charge in [0.1, 0.15) is 6.54 Å². The van der Waals surface area contributed by atoms with E-state index >= 15 is 0 Å². The Bertz CT molecular complexity index is 301. The van der Waals surface area contributed by atoms with Crippen LogP contribution >= 0.6 is 0 Å². The van der Waals surface area contributed by atoms with Crippen LogP contribution in [0.2, 0.25) is 0 Å². The van der Waals surface area contributed by atoms with Crippen LogP contribution in [0.25, 0.3) is 0 Å². The van der Waals surface area contributed by atoms with Gasteiger partial charge in [0.15, 0.2) is 0 Å². The van der Waals surface area contributed by atoms with Crippen molar-refractivity contribution in [1.29, 1.82) is 0 Å². The molecule has 1 saturated carbocycles. The third kappa shape index (κ3) is 5.09. The highest BCUT2D eigenvalue weighted by Crippen LogP contribution is 2.27. The third-order valence-electron chi connectivity index (χ3n) is 3.96. The lowest BCUT2D eigenvalue weighted by Crippen LogP contribution is -2.49. The number of aliphatic carboxylic acids is 1. The van der Waals surface area contributed by atoms with E-state index in [0.717, 1.165) is 6.42 Å². The molecule has 1 rings (SSSR count). The van der Waals surface area contributed by atoms with Gasteiger partial charge in [-0.3, -0.25) is 4.79 Å². The van der Waals surface area contributed by atoms with Crippen molar-refractivity contribution in [2.45, 2.75) is 58.4 Å². The maximum absolute atomic E-state index is 12.1. The van der Waals surface area contributed by atoms with Gasteiger partial charge in [-0.15, -0.1) is 0 Å². The zero-order chi connectivity index (χ0) is 14.3. The van der Waals surface area contributed by atoms with Gasteiger partial charge in [-0.05, 0) is 32.1 Å². The number of nitrogens with one attached hydrogen (secondary N) is 1. The van der Waals surface area contributed by atoms with Crippen molar-refractivity contribution in [3.8, 4) is 0 Å². The molecule has 0 radical (unpaired) electrons. The summed E-state index contributed by atoms with van der Waals surface area (Å²) in [6.45, 7) is 4.06. The molecule has 0 aliphatic heterocycles. The number of amides is 2. The first kappa shape index (κ1) is 15.8. The van der Waals surface area contributed by atoms with Crippen LogP contribution in [0, 0.1) is 5.92 Å². The van der Waals surface area contributed by atoms with Crippen molar-refractivity contribution in [3.63, 3.8) is 0 Å². The van der Waals surface area contributed by atoms with E-state index in [2.05, 4.69) is 12.2 Å². The summed E-state index contributed by atoms with van der Waals surface area (Å²) >= 11 is 0. The predicted molar refractivity (Wildman–Crippen MR) is 74.1 cm³/mol. The average Bonchev–Trinajstić information content (AvgIpc) is 2.42. The van der Waals surface area contributed by atoms with Crippen LogP contribution in [0.15, 0.2) is 0 Å². The fourth-order valence-electron chi connectivity index (χ4n) is 2.83. The van der Waals surface area contributed by atoms with Crippen molar-refractivity contribution in [3.05, 3.63) is 0 Å². The Balaban J connectivity index is 2.52. The fourth-order valence-corrected chi connectivity index (χ4v) is 2.83. The maximum Gasteiger partial charge on any atom is 0.323 e. The molecule has 1 aliphatic carbocycles. The smallest absolute Gasteiger partial charge is 0.323 e. The number of carboxylic acid groups (broad SMARTS) is 1. The first-order valence-electron chi connectivity index (χ1n) is 7.35. The highest BCUT2D eigenvalue weighted by atomic mass is 16.4. The molecular weight excluding hydrogens is 244 g/mol. The molecule has 5 heteroatoms. The third-order valence-corrected chi connectivity index (χ3v) is 3.96. The van der Waals surface area contributed by atoms with Crippen LogP contribution < -0.4 is 5.32 Å². The maximum atomic E-state index is 12.1. The highest BCUT2D eigenvalue weighted by molar-refractivity contribution is 5.80. The Morgan fingerprint density at radius 3 is 2.37 bits per heavy atom. The largest absolute Gasteiger partial charge is 0.480 e. The minimum absolute atomic E-state index is 0.177. The number of hydrogen-bond donors (Lipinski definition) is 2. The summed E-state index contributed by atoms with van der Waals surface area (Å²) in [7, 11) is 0. The number of carbonyl (C=O) groups excluding carboxylic acids is 1. The molecule has 2 N–H and O–H groups in total. The molecule has 0 aromatic heterocycles. The molecule has 1 unspecified atom stereocenters. The van der Waals surface area contributed by atoms with E-state index in [1.54, 1.807) is 6.92 Å². The van der Waals surface area contributed by atoms with E-state index in [4.69, 9.17) is 5.11 Å². The van der Waals surface area contributed by atoms with Crippen molar-refractivity contribution in [2.75, 3.05) is 13.1 Å². The highest BCUT2D eigenvalue weighted by Gasteiger charge is 2.25. The van der Waals surface area contributed by atoms with Crippen LogP contribution in [0.3, 0.4) is 0 Å². The SMILES string of the molecule is CCC(NC(=O)N(CC)CC(=O)O)C1CCCCC1. The van der Waals surface area contributed by atoms with Crippen LogP contribution in [0.4, 0.5) is 4.79 Å². The number of carboxylic acids is 1. The summed E-state index contributed by atoms with van der Waals surface area (Å²) in [4.78, 5) is 24.1.